The topological polar surface area (TPSA) is 41.1 Å². The fraction of sp³-hybridized carbons (Fsp3) is 0.278. The van der Waals surface area contributed by atoms with E-state index >= 15 is 0 Å². The Hall–Kier alpha value is -2.00. The highest BCUT2D eigenvalue weighted by molar-refractivity contribution is 5.97. The van der Waals surface area contributed by atoms with Crippen molar-refractivity contribution in [3.63, 3.8) is 0 Å². The number of anilines is 1. The Balaban J connectivity index is 0.00000176. The zero-order valence-corrected chi connectivity index (χ0v) is 13.5. The van der Waals surface area contributed by atoms with E-state index in [-0.39, 0.29) is 24.4 Å². The maximum absolute atomic E-state index is 12.6. The average Bonchev–Trinajstić information content (AvgIpc) is 2.55. The third-order valence-electron chi connectivity index (χ3n) is 3.99. The van der Waals surface area contributed by atoms with Crippen LogP contribution in [0.2, 0.25) is 0 Å². The van der Waals surface area contributed by atoms with E-state index in [4.69, 9.17) is 0 Å². The molecule has 0 fully saturated rings. The maximum Gasteiger partial charge on any atom is 0.252 e. The highest BCUT2D eigenvalue weighted by Gasteiger charge is 2.18. The van der Waals surface area contributed by atoms with Gasteiger partial charge < -0.3 is 10.6 Å². The van der Waals surface area contributed by atoms with Gasteiger partial charge in [0.2, 0.25) is 0 Å². The molecule has 1 aliphatic rings. The van der Waals surface area contributed by atoms with E-state index in [0.29, 0.717) is 0 Å². The number of fused-ring (bicyclic) bond motifs is 1. The van der Waals surface area contributed by atoms with Crippen LogP contribution < -0.4 is 10.6 Å². The minimum absolute atomic E-state index is 0. The zero-order valence-electron chi connectivity index (χ0n) is 12.6. The Morgan fingerprint density at radius 1 is 1.14 bits per heavy atom. The van der Waals surface area contributed by atoms with E-state index in [2.05, 4.69) is 10.6 Å². The highest BCUT2D eigenvalue weighted by atomic mass is 35.5. The molecule has 4 heteroatoms. The van der Waals surface area contributed by atoms with Crippen LogP contribution in [0.4, 0.5) is 5.69 Å². The molecule has 1 unspecified atom stereocenters. The van der Waals surface area contributed by atoms with Crippen molar-refractivity contribution < 1.29 is 4.79 Å². The van der Waals surface area contributed by atoms with Crippen LogP contribution in [-0.4, -0.2) is 12.5 Å². The summed E-state index contributed by atoms with van der Waals surface area (Å²) >= 11 is 0. The van der Waals surface area contributed by atoms with Crippen molar-refractivity contribution in [2.45, 2.75) is 25.8 Å². The minimum atomic E-state index is 0. The molecule has 0 aromatic heterocycles. The first-order valence-corrected chi connectivity index (χ1v) is 7.47. The molecule has 2 aromatic rings. The Morgan fingerprint density at radius 2 is 1.91 bits per heavy atom. The number of benzene rings is 2. The van der Waals surface area contributed by atoms with Crippen LogP contribution in [0.5, 0.6) is 0 Å². The van der Waals surface area contributed by atoms with Gasteiger partial charge in [-0.3, -0.25) is 4.79 Å². The van der Waals surface area contributed by atoms with Crippen LogP contribution in [0.1, 0.15) is 40.9 Å². The lowest BCUT2D eigenvalue weighted by molar-refractivity contribution is 0.0939. The number of carbonyl (C=O) groups is 1. The largest absolute Gasteiger partial charge is 0.385 e. The third-order valence-corrected chi connectivity index (χ3v) is 3.99. The molecule has 1 aliphatic heterocycles. The van der Waals surface area contributed by atoms with Crippen molar-refractivity contribution in [1.82, 2.24) is 5.32 Å². The molecule has 1 amide bonds. The second kappa shape index (κ2) is 7.32. The number of halogens is 1. The molecule has 1 atom stereocenters. The lowest BCUT2D eigenvalue weighted by atomic mass is 9.96. The van der Waals surface area contributed by atoms with E-state index in [1.165, 1.54) is 0 Å². The van der Waals surface area contributed by atoms with Gasteiger partial charge in [-0.2, -0.15) is 0 Å². The summed E-state index contributed by atoms with van der Waals surface area (Å²) in [4.78, 5) is 12.6. The lowest BCUT2D eigenvalue weighted by Gasteiger charge is -2.22. The molecule has 0 aliphatic carbocycles. The van der Waals surface area contributed by atoms with E-state index in [9.17, 15) is 4.79 Å². The van der Waals surface area contributed by atoms with Gasteiger partial charge in [-0.05, 0) is 43.0 Å². The Kier molecular flexibility index (Phi) is 5.45. The van der Waals surface area contributed by atoms with Crippen LogP contribution >= 0.6 is 12.4 Å². The van der Waals surface area contributed by atoms with Gasteiger partial charge in [0.05, 0.1) is 6.04 Å². The summed E-state index contributed by atoms with van der Waals surface area (Å²) in [6.07, 6.45) is 2.04. The first-order chi connectivity index (χ1) is 10.3. The molecule has 3 nitrogen and oxygen atoms in total. The monoisotopic (exact) mass is 316 g/mol. The molecule has 2 N–H and O–H groups in total. The zero-order chi connectivity index (χ0) is 14.7. The van der Waals surface area contributed by atoms with Gasteiger partial charge in [0.15, 0.2) is 0 Å². The van der Waals surface area contributed by atoms with Gasteiger partial charge in [0, 0.05) is 17.8 Å². The van der Waals surface area contributed by atoms with E-state index in [1.54, 1.807) is 0 Å². The summed E-state index contributed by atoms with van der Waals surface area (Å²) in [6.45, 7) is 3.00. The molecule has 0 bridgehead atoms. The summed E-state index contributed by atoms with van der Waals surface area (Å²) < 4.78 is 0. The summed E-state index contributed by atoms with van der Waals surface area (Å²) in [5, 5.41) is 6.46. The Bertz CT molecular complexity index is 643. The number of rotatable bonds is 3. The van der Waals surface area contributed by atoms with Gasteiger partial charge in [0.25, 0.3) is 5.91 Å². The van der Waals surface area contributed by atoms with Gasteiger partial charge in [-0.1, -0.05) is 36.4 Å². The van der Waals surface area contributed by atoms with Gasteiger partial charge in [-0.15, -0.1) is 12.4 Å². The van der Waals surface area contributed by atoms with Crippen LogP contribution in [0.25, 0.3) is 0 Å². The molecule has 116 valence electrons. The normalized spacial score (nSPS) is 14.0. The number of amides is 1. The molecule has 0 spiro atoms. The van der Waals surface area contributed by atoms with Crippen molar-refractivity contribution in [1.29, 1.82) is 0 Å². The van der Waals surface area contributed by atoms with Crippen LogP contribution in [-0.2, 0) is 6.42 Å². The molecule has 2 aromatic carbocycles. The predicted octanol–water partition coefficient (Wildman–Crippen LogP) is 3.96. The van der Waals surface area contributed by atoms with Gasteiger partial charge in [0.1, 0.15) is 0 Å². The highest BCUT2D eigenvalue weighted by Crippen LogP contribution is 2.25. The molecule has 22 heavy (non-hydrogen) atoms. The molecule has 1 heterocycles. The van der Waals surface area contributed by atoms with Crippen LogP contribution in [0.15, 0.2) is 48.5 Å². The molecular weight excluding hydrogens is 296 g/mol. The fourth-order valence-electron chi connectivity index (χ4n) is 2.82. The van der Waals surface area contributed by atoms with Crippen molar-refractivity contribution >= 4 is 24.0 Å². The molecule has 0 saturated carbocycles. The molecule has 0 radical (unpaired) electrons. The second-order valence-corrected chi connectivity index (χ2v) is 5.47. The standard InChI is InChI=1S/C18H20N2O.ClH/c1-13(14-7-3-2-4-8-14)20-18(21)16-9-5-11-17-15(16)10-6-12-19-17;/h2-5,7-9,11,13,19H,6,10,12H2,1H3,(H,20,21);1H. The molecular formula is C18H21ClN2O. The second-order valence-electron chi connectivity index (χ2n) is 5.47. The van der Waals surface area contributed by atoms with E-state index < -0.39 is 0 Å². The van der Waals surface area contributed by atoms with Crippen molar-refractivity contribution in [2.24, 2.45) is 0 Å². The van der Waals surface area contributed by atoms with E-state index in [1.807, 2.05) is 55.5 Å². The SMILES string of the molecule is CC(NC(=O)c1cccc2c1CCCN2)c1ccccc1.Cl. The predicted molar refractivity (Wildman–Crippen MR) is 92.8 cm³/mol. The van der Waals surface area contributed by atoms with Crippen LogP contribution in [0, 0.1) is 0 Å². The summed E-state index contributed by atoms with van der Waals surface area (Å²) in [6, 6.07) is 15.9. The summed E-state index contributed by atoms with van der Waals surface area (Å²) in [5.41, 5.74) is 4.15. The first kappa shape index (κ1) is 16.4. The quantitative estimate of drug-likeness (QED) is 0.900. The Morgan fingerprint density at radius 3 is 2.68 bits per heavy atom. The van der Waals surface area contributed by atoms with Gasteiger partial charge in [-0.25, -0.2) is 0 Å². The molecule has 3 rings (SSSR count). The van der Waals surface area contributed by atoms with Crippen molar-refractivity contribution in [3.05, 3.63) is 65.2 Å². The number of carbonyl (C=O) groups excluding carboxylic acids is 1. The van der Waals surface area contributed by atoms with Crippen molar-refractivity contribution in [3.8, 4) is 0 Å². The maximum atomic E-state index is 12.6. The summed E-state index contributed by atoms with van der Waals surface area (Å²) in [5.74, 6) is 0.00639. The molecule has 0 saturated heterocycles. The first-order valence-electron chi connectivity index (χ1n) is 7.47. The lowest BCUT2D eigenvalue weighted by Crippen LogP contribution is -2.28. The average molecular weight is 317 g/mol. The number of hydrogen-bond acceptors (Lipinski definition) is 2. The minimum Gasteiger partial charge on any atom is -0.385 e. The third kappa shape index (κ3) is 3.42. The number of hydrogen-bond donors (Lipinski definition) is 2. The summed E-state index contributed by atoms with van der Waals surface area (Å²) in [7, 11) is 0. The van der Waals surface area contributed by atoms with Crippen LogP contribution in [0.3, 0.4) is 0 Å². The number of nitrogens with one attached hydrogen (secondary N) is 2. The smallest absolute Gasteiger partial charge is 0.252 e. The van der Waals surface area contributed by atoms with E-state index in [0.717, 1.165) is 41.8 Å². The Labute approximate surface area is 137 Å². The van der Waals surface area contributed by atoms with Gasteiger partial charge >= 0.3 is 0 Å². The fourth-order valence-corrected chi connectivity index (χ4v) is 2.82. The van der Waals surface area contributed by atoms with Crippen molar-refractivity contribution in [2.75, 3.05) is 11.9 Å².